The highest BCUT2D eigenvalue weighted by molar-refractivity contribution is 9.10. The molecule has 1 aliphatic carbocycles. The maximum Gasteiger partial charge on any atom is 0.233 e. The summed E-state index contributed by atoms with van der Waals surface area (Å²) in [5.41, 5.74) is 2.26. The van der Waals surface area contributed by atoms with Crippen LogP contribution in [0, 0.1) is 0 Å². The highest BCUT2D eigenvalue weighted by atomic mass is 79.9. The molecule has 0 amide bonds. The van der Waals surface area contributed by atoms with Gasteiger partial charge in [0.15, 0.2) is 0 Å². The smallest absolute Gasteiger partial charge is 0.208 e. The molecule has 0 unspecified atom stereocenters. The number of rotatable bonds is 3. The molecule has 0 saturated heterocycles. The summed E-state index contributed by atoms with van der Waals surface area (Å²) in [6.45, 7) is 3.29. The fourth-order valence-corrected chi connectivity index (χ4v) is 3.06. The zero-order valence-corrected chi connectivity index (χ0v) is 11.0. The molecule has 86 valence electrons. The van der Waals surface area contributed by atoms with Crippen LogP contribution in [-0.4, -0.2) is 8.42 Å². The molecule has 3 nitrogen and oxygen atoms in total. The molecule has 1 N–H and O–H groups in total. The molecule has 0 heterocycles. The molecule has 1 aromatic carbocycles. The Bertz CT molecular complexity index is 525. The van der Waals surface area contributed by atoms with E-state index in [4.69, 9.17) is 0 Å². The van der Waals surface area contributed by atoms with Crippen LogP contribution in [-0.2, 0) is 16.4 Å². The molecule has 0 bridgehead atoms. The van der Waals surface area contributed by atoms with E-state index in [1.54, 1.807) is 0 Å². The SMILES string of the molecule is C=CS(=O)(=O)N[C@H]1CCc2ccc(Br)cc21. The average Bonchev–Trinajstić information content (AvgIpc) is 2.61. The van der Waals surface area contributed by atoms with Crippen molar-refractivity contribution in [3.8, 4) is 0 Å². The molecule has 0 aliphatic heterocycles. The monoisotopic (exact) mass is 301 g/mol. The van der Waals surface area contributed by atoms with E-state index in [0.717, 1.165) is 28.3 Å². The Hall–Kier alpha value is -0.650. The molecule has 0 aromatic heterocycles. The number of fused-ring (bicyclic) bond motifs is 1. The molecule has 0 fully saturated rings. The molecule has 1 aliphatic rings. The van der Waals surface area contributed by atoms with Gasteiger partial charge in [0.05, 0.1) is 0 Å². The second-order valence-corrected chi connectivity index (χ2v) is 6.34. The van der Waals surface area contributed by atoms with E-state index in [0.29, 0.717) is 0 Å². The van der Waals surface area contributed by atoms with E-state index >= 15 is 0 Å². The molecule has 2 rings (SSSR count). The summed E-state index contributed by atoms with van der Waals surface area (Å²) in [6.07, 6.45) is 1.71. The van der Waals surface area contributed by atoms with Crippen LogP contribution in [0.15, 0.2) is 34.7 Å². The minimum atomic E-state index is -3.36. The fraction of sp³-hybridized carbons (Fsp3) is 0.273. The Balaban J connectivity index is 2.30. The molecule has 5 heteroatoms. The summed E-state index contributed by atoms with van der Waals surface area (Å²) in [6, 6.07) is 5.85. The maximum atomic E-state index is 11.4. The number of halogens is 1. The van der Waals surface area contributed by atoms with E-state index in [2.05, 4.69) is 27.2 Å². The Morgan fingerprint density at radius 2 is 2.25 bits per heavy atom. The van der Waals surface area contributed by atoms with Crippen molar-refractivity contribution in [1.29, 1.82) is 0 Å². The summed E-state index contributed by atoms with van der Waals surface area (Å²) >= 11 is 3.39. The lowest BCUT2D eigenvalue weighted by Gasteiger charge is -2.12. The molecular formula is C11H12BrNO2S. The van der Waals surface area contributed by atoms with Gasteiger partial charge < -0.3 is 0 Å². The quantitative estimate of drug-likeness (QED) is 0.932. The van der Waals surface area contributed by atoms with Crippen LogP contribution in [0.4, 0.5) is 0 Å². The van der Waals surface area contributed by atoms with Crippen LogP contribution in [0.25, 0.3) is 0 Å². The molecule has 1 atom stereocenters. The molecule has 0 radical (unpaired) electrons. The summed E-state index contributed by atoms with van der Waals surface area (Å²) in [4.78, 5) is 0. The van der Waals surface area contributed by atoms with E-state index in [9.17, 15) is 8.42 Å². The first-order valence-corrected chi connectivity index (χ1v) is 7.29. The van der Waals surface area contributed by atoms with Crippen molar-refractivity contribution in [2.75, 3.05) is 0 Å². The van der Waals surface area contributed by atoms with Gasteiger partial charge in [-0.25, -0.2) is 13.1 Å². The molecule has 16 heavy (non-hydrogen) atoms. The number of hydrogen-bond donors (Lipinski definition) is 1. The molecular weight excluding hydrogens is 290 g/mol. The number of aryl methyl sites for hydroxylation is 1. The summed E-state index contributed by atoms with van der Waals surface area (Å²) in [5.74, 6) is 0. The normalized spacial score (nSPS) is 19.4. The van der Waals surface area contributed by atoms with Gasteiger partial charge in [0.2, 0.25) is 10.0 Å². The van der Waals surface area contributed by atoms with E-state index < -0.39 is 10.0 Å². The van der Waals surface area contributed by atoms with Gasteiger partial charge in [-0.15, -0.1) is 0 Å². The van der Waals surface area contributed by atoms with Gasteiger partial charge in [-0.1, -0.05) is 28.6 Å². The van der Waals surface area contributed by atoms with Crippen LogP contribution in [0.2, 0.25) is 0 Å². The lowest BCUT2D eigenvalue weighted by atomic mass is 10.1. The third-order valence-electron chi connectivity index (χ3n) is 2.71. The highest BCUT2D eigenvalue weighted by Gasteiger charge is 2.25. The van der Waals surface area contributed by atoms with Gasteiger partial charge in [0.1, 0.15) is 0 Å². The second kappa shape index (κ2) is 4.31. The first kappa shape index (κ1) is 11.8. The van der Waals surface area contributed by atoms with Gasteiger partial charge >= 0.3 is 0 Å². The number of hydrogen-bond acceptors (Lipinski definition) is 2. The van der Waals surface area contributed by atoms with Crippen LogP contribution in [0.3, 0.4) is 0 Å². The van der Waals surface area contributed by atoms with E-state index in [1.165, 1.54) is 5.56 Å². The standard InChI is InChI=1S/C11H12BrNO2S/c1-2-16(14,15)13-11-6-4-8-3-5-9(12)7-10(8)11/h2-3,5,7,11,13H,1,4,6H2/t11-/m0/s1. The predicted octanol–water partition coefficient (Wildman–Crippen LogP) is 2.50. The number of sulfonamides is 1. The largest absolute Gasteiger partial charge is 0.233 e. The lowest BCUT2D eigenvalue weighted by molar-refractivity contribution is 0.563. The van der Waals surface area contributed by atoms with Gasteiger partial charge in [-0.05, 0) is 36.1 Å². The summed E-state index contributed by atoms with van der Waals surface area (Å²) in [5, 5.41) is 0.947. The van der Waals surface area contributed by atoms with Gasteiger partial charge in [0.25, 0.3) is 0 Å². The Morgan fingerprint density at radius 1 is 1.50 bits per heavy atom. The van der Waals surface area contributed by atoms with Crippen molar-refractivity contribution >= 4 is 26.0 Å². The van der Waals surface area contributed by atoms with Crippen LogP contribution >= 0.6 is 15.9 Å². The lowest BCUT2D eigenvalue weighted by Crippen LogP contribution is -2.25. The van der Waals surface area contributed by atoms with Crippen LogP contribution in [0.5, 0.6) is 0 Å². The minimum absolute atomic E-state index is 0.129. The Labute approximate surface area is 104 Å². The molecule has 1 aromatic rings. The first-order chi connectivity index (χ1) is 7.52. The summed E-state index contributed by atoms with van der Waals surface area (Å²) in [7, 11) is -3.36. The first-order valence-electron chi connectivity index (χ1n) is 4.95. The molecule has 0 saturated carbocycles. The van der Waals surface area contributed by atoms with Crippen molar-refractivity contribution in [2.45, 2.75) is 18.9 Å². The average molecular weight is 302 g/mol. The number of nitrogens with one attached hydrogen (secondary N) is 1. The zero-order chi connectivity index (χ0) is 11.8. The van der Waals surface area contributed by atoms with E-state index in [1.807, 2.05) is 18.2 Å². The topological polar surface area (TPSA) is 46.2 Å². The van der Waals surface area contributed by atoms with Gasteiger partial charge in [0, 0.05) is 15.9 Å². The fourth-order valence-electron chi connectivity index (χ4n) is 1.94. The highest BCUT2D eigenvalue weighted by Crippen LogP contribution is 2.33. The van der Waals surface area contributed by atoms with Crippen LogP contribution < -0.4 is 4.72 Å². The van der Waals surface area contributed by atoms with Crippen molar-refractivity contribution in [2.24, 2.45) is 0 Å². The third kappa shape index (κ3) is 2.36. The second-order valence-electron chi connectivity index (χ2n) is 3.76. The third-order valence-corrected chi connectivity index (χ3v) is 4.26. The minimum Gasteiger partial charge on any atom is -0.208 e. The summed E-state index contributed by atoms with van der Waals surface area (Å²) < 4.78 is 26.4. The van der Waals surface area contributed by atoms with E-state index in [-0.39, 0.29) is 6.04 Å². The van der Waals surface area contributed by atoms with Gasteiger partial charge in [-0.2, -0.15) is 0 Å². The number of benzene rings is 1. The van der Waals surface area contributed by atoms with Crippen molar-refractivity contribution in [3.05, 3.63) is 45.8 Å². The van der Waals surface area contributed by atoms with Crippen LogP contribution in [0.1, 0.15) is 23.6 Å². The van der Waals surface area contributed by atoms with Crippen molar-refractivity contribution < 1.29 is 8.42 Å². The Kier molecular flexibility index (Phi) is 3.19. The predicted molar refractivity (Wildman–Crippen MR) is 67.5 cm³/mol. The molecule has 0 spiro atoms. The van der Waals surface area contributed by atoms with Gasteiger partial charge in [-0.3, -0.25) is 0 Å². The Morgan fingerprint density at radius 3 is 2.94 bits per heavy atom. The van der Waals surface area contributed by atoms with Crippen molar-refractivity contribution in [3.63, 3.8) is 0 Å². The zero-order valence-electron chi connectivity index (χ0n) is 8.61. The van der Waals surface area contributed by atoms with Crippen molar-refractivity contribution in [1.82, 2.24) is 4.72 Å². The maximum absolute atomic E-state index is 11.4.